The van der Waals surface area contributed by atoms with Crippen molar-refractivity contribution in [1.82, 2.24) is 15.0 Å². The number of carbonyl (C=O) groups is 1. The van der Waals surface area contributed by atoms with Crippen molar-refractivity contribution < 1.29 is 9.72 Å². The highest BCUT2D eigenvalue weighted by Gasteiger charge is 2.18. The third kappa shape index (κ3) is 2.99. The highest BCUT2D eigenvalue weighted by Crippen LogP contribution is 2.26. The van der Waals surface area contributed by atoms with Crippen LogP contribution >= 0.6 is 11.6 Å². The predicted octanol–water partition coefficient (Wildman–Crippen LogP) is 2.31. The molecule has 0 radical (unpaired) electrons. The van der Waals surface area contributed by atoms with Gasteiger partial charge in [0, 0.05) is 29.0 Å². The van der Waals surface area contributed by atoms with Gasteiger partial charge in [0.25, 0.3) is 11.2 Å². The molecule has 0 atom stereocenters. The SMILES string of the molecule is O=C(Cc1nc2cc(Cl)cc([N+](=O)[O-])c2[nH]c1=O)c1cccnc1. The van der Waals surface area contributed by atoms with Crippen LogP contribution in [0.2, 0.25) is 5.02 Å². The van der Waals surface area contributed by atoms with Gasteiger partial charge in [0.05, 0.1) is 16.9 Å². The van der Waals surface area contributed by atoms with Crippen molar-refractivity contribution in [3.05, 3.63) is 73.4 Å². The number of fused-ring (bicyclic) bond motifs is 1. The summed E-state index contributed by atoms with van der Waals surface area (Å²) in [7, 11) is 0. The number of ketones is 1. The summed E-state index contributed by atoms with van der Waals surface area (Å²) in [5.74, 6) is -0.336. The number of aromatic amines is 1. The average molecular weight is 345 g/mol. The Kier molecular flexibility index (Phi) is 4.05. The summed E-state index contributed by atoms with van der Waals surface area (Å²) in [5.41, 5.74) is -0.615. The largest absolute Gasteiger partial charge is 0.313 e. The number of benzene rings is 1. The van der Waals surface area contributed by atoms with E-state index in [0.29, 0.717) is 5.56 Å². The van der Waals surface area contributed by atoms with Crippen LogP contribution in [0, 0.1) is 10.1 Å². The average Bonchev–Trinajstić information content (AvgIpc) is 2.56. The Balaban J connectivity index is 2.07. The fourth-order valence-electron chi connectivity index (χ4n) is 2.22. The molecule has 0 unspecified atom stereocenters. The maximum absolute atomic E-state index is 12.2. The van der Waals surface area contributed by atoms with Crippen molar-refractivity contribution >= 4 is 34.1 Å². The number of nitro groups is 1. The van der Waals surface area contributed by atoms with Crippen molar-refractivity contribution in [2.45, 2.75) is 6.42 Å². The molecule has 2 heterocycles. The van der Waals surface area contributed by atoms with E-state index < -0.39 is 10.5 Å². The van der Waals surface area contributed by atoms with Gasteiger partial charge in [0.1, 0.15) is 11.2 Å². The number of nitrogens with zero attached hydrogens (tertiary/aromatic N) is 3. The summed E-state index contributed by atoms with van der Waals surface area (Å²) >= 11 is 5.85. The van der Waals surface area contributed by atoms with Crippen LogP contribution in [0.1, 0.15) is 16.1 Å². The maximum atomic E-state index is 12.2. The molecule has 0 bridgehead atoms. The topological polar surface area (TPSA) is 119 Å². The molecule has 24 heavy (non-hydrogen) atoms. The van der Waals surface area contributed by atoms with Gasteiger partial charge in [0.2, 0.25) is 0 Å². The molecule has 0 aliphatic rings. The van der Waals surface area contributed by atoms with Gasteiger partial charge < -0.3 is 4.98 Å². The lowest BCUT2D eigenvalue weighted by molar-refractivity contribution is -0.383. The summed E-state index contributed by atoms with van der Waals surface area (Å²) in [6.45, 7) is 0. The van der Waals surface area contributed by atoms with Crippen molar-refractivity contribution in [3.8, 4) is 0 Å². The van der Waals surface area contributed by atoms with Gasteiger partial charge in [-0.3, -0.25) is 24.7 Å². The summed E-state index contributed by atoms with van der Waals surface area (Å²) in [6, 6.07) is 5.69. The standard InChI is InChI=1S/C15H9ClN4O4/c16-9-4-10-14(12(5-9)20(23)24)19-15(22)11(18-10)6-13(21)8-2-1-3-17-7-8/h1-5,7H,6H2,(H,19,22). The molecule has 3 aromatic rings. The smallest absolute Gasteiger partial charge is 0.296 e. The molecule has 0 amide bonds. The molecule has 1 aromatic carbocycles. The molecular weight excluding hydrogens is 336 g/mol. The Bertz CT molecular complexity index is 1020. The Morgan fingerprint density at radius 2 is 2.17 bits per heavy atom. The van der Waals surface area contributed by atoms with E-state index in [2.05, 4.69) is 15.0 Å². The molecule has 3 rings (SSSR count). The van der Waals surface area contributed by atoms with Gasteiger partial charge in [-0.1, -0.05) is 11.6 Å². The number of Topliss-reactive ketones (excluding diaryl/α,β-unsaturated/α-hetero) is 1. The van der Waals surface area contributed by atoms with Crippen LogP contribution in [0.25, 0.3) is 11.0 Å². The van der Waals surface area contributed by atoms with Gasteiger partial charge in [-0.25, -0.2) is 4.98 Å². The zero-order valence-electron chi connectivity index (χ0n) is 12.0. The van der Waals surface area contributed by atoms with E-state index in [9.17, 15) is 19.7 Å². The van der Waals surface area contributed by atoms with Crippen LogP contribution in [-0.4, -0.2) is 25.7 Å². The van der Waals surface area contributed by atoms with Gasteiger partial charge in [-0.05, 0) is 18.2 Å². The molecule has 0 spiro atoms. The molecule has 0 fully saturated rings. The zero-order valence-corrected chi connectivity index (χ0v) is 12.8. The first-order valence-corrected chi connectivity index (χ1v) is 7.13. The van der Waals surface area contributed by atoms with Gasteiger partial charge >= 0.3 is 0 Å². The van der Waals surface area contributed by atoms with Crippen molar-refractivity contribution in [2.75, 3.05) is 0 Å². The number of halogens is 1. The van der Waals surface area contributed by atoms with Gasteiger partial charge in [0.15, 0.2) is 5.78 Å². The number of nitrogens with one attached hydrogen (secondary N) is 1. The first-order valence-electron chi connectivity index (χ1n) is 6.76. The maximum Gasteiger partial charge on any atom is 0.296 e. The number of H-pyrrole nitrogens is 1. The van der Waals surface area contributed by atoms with E-state index >= 15 is 0 Å². The summed E-state index contributed by atoms with van der Waals surface area (Å²) in [4.78, 5) is 45.0. The number of hydrogen-bond donors (Lipinski definition) is 1. The van der Waals surface area contributed by atoms with Crippen LogP contribution in [0.4, 0.5) is 5.69 Å². The van der Waals surface area contributed by atoms with Crippen LogP contribution in [0.5, 0.6) is 0 Å². The fraction of sp³-hybridized carbons (Fsp3) is 0.0667. The molecule has 0 saturated carbocycles. The Labute approximate surface area is 139 Å². The molecule has 0 aliphatic heterocycles. The minimum atomic E-state index is -0.662. The molecule has 0 aliphatic carbocycles. The first kappa shape index (κ1) is 15.8. The second kappa shape index (κ2) is 6.17. The molecule has 120 valence electrons. The lowest BCUT2D eigenvalue weighted by atomic mass is 10.1. The number of aromatic nitrogens is 3. The van der Waals surface area contributed by atoms with Gasteiger partial charge in [-0.2, -0.15) is 0 Å². The zero-order chi connectivity index (χ0) is 17.3. The summed E-state index contributed by atoms with van der Waals surface area (Å²) in [6.07, 6.45) is 2.66. The molecule has 1 N–H and O–H groups in total. The molecule has 0 saturated heterocycles. The molecule has 8 nitrogen and oxygen atoms in total. The van der Waals surface area contributed by atoms with E-state index in [1.54, 1.807) is 12.1 Å². The lowest BCUT2D eigenvalue weighted by Gasteiger charge is -2.04. The highest BCUT2D eigenvalue weighted by atomic mass is 35.5. The highest BCUT2D eigenvalue weighted by molar-refractivity contribution is 6.31. The van der Waals surface area contributed by atoms with Crippen LogP contribution in [-0.2, 0) is 6.42 Å². The molecule has 9 heteroatoms. The number of pyridine rings is 1. The van der Waals surface area contributed by atoms with E-state index in [-0.39, 0.29) is 39.6 Å². The van der Waals surface area contributed by atoms with E-state index in [0.717, 1.165) is 6.07 Å². The third-order valence-corrected chi connectivity index (χ3v) is 3.54. The summed E-state index contributed by atoms with van der Waals surface area (Å²) < 4.78 is 0. The van der Waals surface area contributed by atoms with Crippen molar-refractivity contribution in [2.24, 2.45) is 0 Å². The second-order valence-electron chi connectivity index (χ2n) is 4.93. The van der Waals surface area contributed by atoms with E-state index in [4.69, 9.17) is 11.6 Å². The van der Waals surface area contributed by atoms with Crippen LogP contribution < -0.4 is 5.56 Å². The monoisotopic (exact) mass is 344 g/mol. The minimum Gasteiger partial charge on any atom is -0.313 e. The number of rotatable bonds is 4. The number of non-ortho nitro benzene ring substituents is 1. The Morgan fingerprint density at radius 3 is 2.83 bits per heavy atom. The quantitative estimate of drug-likeness (QED) is 0.440. The Morgan fingerprint density at radius 1 is 1.38 bits per heavy atom. The van der Waals surface area contributed by atoms with Gasteiger partial charge in [-0.15, -0.1) is 0 Å². The number of carbonyl (C=O) groups excluding carboxylic acids is 1. The third-order valence-electron chi connectivity index (χ3n) is 3.33. The molecular formula is C15H9ClN4O4. The van der Waals surface area contributed by atoms with E-state index in [1.165, 1.54) is 18.5 Å². The number of nitro benzene ring substituents is 1. The minimum absolute atomic E-state index is 0.0352. The number of hydrogen-bond acceptors (Lipinski definition) is 6. The van der Waals surface area contributed by atoms with Crippen molar-refractivity contribution in [3.63, 3.8) is 0 Å². The van der Waals surface area contributed by atoms with E-state index in [1.807, 2.05) is 0 Å². The van der Waals surface area contributed by atoms with Crippen molar-refractivity contribution in [1.29, 1.82) is 0 Å². The first-order chi connectivity index (χ1) is 11.5. The normalized spacial score (nSPS) is 10.7. The predicted molar refractivity (Wildman–Crippen MR) is 86.3 cm³/mol. The summed E-state index contributed by atoms with van der Waals surface area (Å²) in [5, 5.41) is 11.2. The van der Waals surface area contributed by atoms with Crippen LogP contribution in [0.3, 0.4) is 0 Å². The Hall–Kier alpha value is -3.13. The molecule has 2 aromatic heterocycles. The van der Waals surface area contributed by atoms with Crippen LogP contribution in [0.15, 0.2) is 41.5 Å². The fourth-order valence-corrected chi connectivity index (χ4v) is 2.43. The lowest BCUT2D eigenvalue weighted by Crippen LogP contribution is -2.19. The second-order valence-corrected chi connectivity index (χ2v) is 5.37.